The monoisotopic (exact) mass is 281 g/mol. The number of hydrogen-bond acceptors (Lipinski definition) is 2. The Balaban J connectivity index is 2.47. The molecule has 0 saturated carbocycles. The first-order valence-corrected chi connectivity index (χ1v) is 6.02. The zero-order valence-electron chi connectivity index (χ0n) is 11.0. The number of anilines is 1. The van der Waals surface area contributed by atoms with E-state index in [-0.39, 0.29) is 0 Å². The largest absolute Gasteiger partial charge is 0.416 e. The minimum absolute atomic E-state index is 0.552. The van der Waals surface area contributed by atoms with E-state index in [0.29, 0.717) is 5.69 Å². The van der Waals surface area contributed by atoms with E-state index in [2.05, 4.69) is 5.48 Å². The molecule has 2 N–H and O–H groups in total. The summed E-state index contributed by atoms with van der Waals surface area (Å²) in [5, 5.41) is 8.90. The van der Waals surface area contributed by atoms with Gasteiger partial charge in [0.15, 0.2) is 0 Å². The molecule has 0 heterocycles. The van der Waals surface area contributed by atoms with Crippen molar-refractivity contribution in [2.24, 2.45) is 0 Å². The summed E-state index contributed by atoms with van der Waals surface area (Å²) in [5.41, 5.74) is 5.30. The van der Waals surface area contributed by atoms with Gasteiger partial charge >= 0.3 is 6.18 Å². The predicted molar refractivity (Wildman–Crippen MR) is 71.8 cm³/mol. The third kappa shape index (κ3) is 2.77. The second kappa shape index (κ2) is 5.17. The van der Waals surface area contributed by atoms with Crippen LogP contribution >= 0.6 is 0 Å². The molecule has 5 heteroatoms. The molecule has 0 bridgehead atoms. The fourth-order valence-electron chi connectivity index (χ4n) is 2.31. The van der Waals surface area contributed by atoms with Crippen LogP contribution in [-0.2, 0) is 6.18 Å². The van der Waals surface area contributed by atoms with Crippen LogP contribution < -0.4 is 5.48 Å². The molecular weight excluding hydrogens is 267 g/mol. The van der Waals surface area contributed by atoms with Gasteiger partial charge in [-0.25, -0.2) is 0 Å². The lowest BCUT2D eigenvalue weighted by Gasteiger charge is -2.13. The summed E-state index contributed by atoms with van der Waals surface area (Å²) in [4.78, 5) is 0. The SMILES string of the molecule is Cc1cc(NO)cc(C)c1-c1ccc(C(F)(F)F)cc1. The number of alkyl halides is 3. The van der Waals surface area contributed by atoms with Gasteiger partial charge in [0.2, 0.25) is 0 Å². The minimum atomic E-state index is -4.33. The van der Waals surface area contributed by atoms with Crippen molar-refractivity contribution in [3.8, 4) is 11.1 Å². The highest BCUT2D eigenvalue weighted by molar-refractivity contribution is 5.73. The molecule has 0 aromatic heterocycles. The summed E-state index contributed by atoms with van der Waals surface area (Å²) in [6, 6.07) is 8.55. The maximum absolute atomic E-state index is 12.5. The van der Waals surface area contributed by atoms with E-state index >= 15 is 0 Å². The van der Waals surface area contributed by atoms with E-state index in [9.17, 15) is 13.2 Å². The van der Waals surface area contributed by atoms with Crippen molar-refractivity contribution in [1.29, 1.82) is 0 Å². The van der Waals surface area contributed by atoms with Gasteiger partial charge in [0.05, 0.1) is 11.3 Å². The molecule has 0 atom stereocenters. The van der Waals surface area contributed by atoms with Crippen molar-refractivity contribution in [1.82, 2.24) is 0 Å². The molecule has 20 heavy (non-hydrogen) atoms. The topological polar surface area (TPSA) is 32.3 Å². The fourth-order valence-corrected chi connectivity index (χ4v) is 2.31. The molecule has 0 aliphatic rings. The molecule has 0 spiro atoms. The van der Waals surface area contributed by atoms with Crippen LogP contribution in [0.1, 0.15) is 16.7 Å². The van der Waals surface area contributed by atoms with Gasteiger partial charge in [-0.05, 0) is 60.4 Å². The Morgan fingerprint density at radius 1 is 0.950 bits per heavy atom. The van der Waals surface area contributed by atoms with Gasteiger partial charge < -0.3 is 0 Å². The Labute approximate surface area is 114 Å². The molecule has 2 aromatic carbocycles. The third-order valence-electron chi connectivity index (χ3n) is 3.16. The molecule has 2 aromatic rings. The van der Waals surface area contributed by atoms with Gasteiger partial charge in [0.1, 0.15) is 0 Å². The van der Waals surface area contributed by atoms with Gasteiger partial charge in [0.25, 0.3) is 0 Å². The maximum Gasteiger partial charge on any atom is 0.416 e. The lowest BCUT2D eigenvalue weighted by Crippen LogP contribution is -2.04. The van der Waals surface area contributed by atoms with Crippen LogP contribution in [0.5, 0.6) is 0 Å². The summed E-state index contributed by atoms with van der Waals surface area (Å²) in [6.07, 6.45) is -4.33. The predicted octanol–water partition coefficient (Wildman–Crippen LogP) is 4.79. The van der Waals surface area contributed by atoms with Crippen LogP contribution in [0.2, 0.25) is 0 Å². The molecular formula is C15H14F3NO. The molecule has 0 radical (unpaired) electrons. The average molecular weight is 281 g/mol. The van der Waals surface area contributed by atoms with Crippen LogP contribution in [0.4, 0.5) is 18.9 Å². The van der Waals surface area contributed by atoms with Gasteiger partial charge in [-0.3, -0.25) is 10.7 Å². The normalized spacial score (nSPS) is 11.5. The fraction of sp³-hybridized carbons (Fsp3) is 0.200. The zero-order valence-corrected chi connectivity index (χ0v) is 11.0. The number of hydrogen-bond donors (Lipinski definition) is 2. The molecule has 2 nitrogen and oxygen atoms in total. The summed E-state index contributed by atoms with van der Waals surface area (Å²) >= 11 is 0. The van der Waals surface area contributed by atoms with E-state index in [1.54, 1.807) is 12.1 Å². The lowest BCUT2D eigenvalue weighted by atomic mass is 9.94. The van der Waals surface area contributed by atoms with Crippen LogP contribution in [-0.4, -0.2) is 5.21 Å². The van der Waals surface area contributed by atoms with Crippen LogP contribution in [0.25, 0.3) is 11.1 Å². The smallest absolute Gasteiger partial charge is 0.291 e. The minimum Gasteiger partial charge on any atom is -0.291 e. The van der Waals surface area contributed by atoms with Gasteiger partial charge in [-0.2, -0.15) is 13.2 Å². The van der Waals surface area contributed by atoms with Crippen LogP contribution in [0, 0.1) is 13.8 Å². The molecule has 0 aliphatic heterocycles. The molecule has 0 saturated heterocycles. The van der Waals surface area contributed by atoms with Crippen LogP contribution in [0.15, 0.2) is 36.4 Å². The number of benzene rings is 2. The van der Waals surface area contributed by atoms with Crippen molar-refractivity contribution in [3.05, 3.63) is 53.1 Å². The summed E-state index contributed by atoms with van der Waals surface area (Å²) in [7, 11) is 0. The first-order chi connectivity index (χ1) is 9.32. The van der Waals surface area contributed by atoms with Crippen molar-refractivity contribution < 1.29 is 18.4 Å². The van der Waals surface area contributed by atoms with E-state index in [1.165, 1.54) is 12.1 Å². The summed E-state index contributed by atoms with van der Waals surface area (Å²) < 4.78 is 37.6. The van der Waals surface area contributed by atoms with Crippen molar-refractivity contribution in [3.63, 3.8) is 0 Å². The maximum atomic E-state index is 12.5. The quantitative estimate of drug-likeness (QED) is 0.776. The molecule has 0 unspecified atom stereocenters. The first-order valence-electron chi connectivity index (χ1n) is 6.02. The molecule has 0 amide bonds. The number of nitrogens with one attached hydrogen (secondary N) is 1. The van der Waals surface area contributed by atoms with E-state index in [4.69, 9.17) is 5.21 Å². The highest BCUT2D eigenvalue weighted by atomic mass is 19.4. The van der Waals surface area contributed by atoms with Gasteiger partial charge in [0, 0.05) is 0 Å². The number of halogens is 3. The Bertz CT molecular complexity index is 595. The Kier molecular flexibility index (Phi) is 3.72. The Hall–Kier alpha value is -2.01. The zero-order chi connectivity index (χ0) is 14.9. The van der Waals surface area contributed by atoms with E-state index < -0.39 is 11.7 Å². The van der Waals surface area contributed by atoms with Gasteiger partial charge in [-0.1, -0.05) is 12.1 Å². The van der Waals surface area contributed by atoms with Crippen molar-refractivity contribution in [2.45, 2.75) is 20.0 Å². The van der Waals surface area contributed by atoms with E-state index in [0.717, 1.165) is 34.4 Å². The second-order valence-corrected chi connectivity index (χ2v) is 4.67. The number of rotatable bonds is 2. The van der Waals surface area contributed by atoms with Crippen molar-refractivity contribution in [2.75, 3.05) is 5.48 Å². The van der Waals surface area contributed by atoms with E-state index in [1.807, 2.05) is 13.8 Å². The molecule has 0 fully saturated rings. The standard InChI is InChI=1S/C15H14F3NO/c1-9-7-13(19-20)8-10(2)14(9)11-3-5-12(6-4-11)15(16,17)18/h3-8,19-20H,1-2H3. The highest BCUT2D eigenvalue weighted by Crippen LogP contribution is 2.33. The molecule has 0 aliphatic carbocycles. The first kappa shape index (κ1) is 14.4. The lowest BCUT2D eigenvalue weighted by molar-refractivity contribution is -0.137. The second-order valence-electron chi connectivity index (χ2n) is 4.67. The molecule has 106 valence electrons. The molecule has 2 rings (SSSR count). The summed E-state index contributed by atoms with van der Waals surface area (Å²) in [6.45, 7) is 3.70. The Morgan fingerprint density at radius 2 is 1.45 bits per heavy atom. The third-order valence-corrected chi connectivity index (χ3v) is 3.16. The highest BCUT2D eigenvalue weighted by Gasteiger charge is 2.30. The number of aryl methyl sites for hydroxylation is 2. The average Bonchev–Trinajstić information content (AvgIpc) is 2.37. The van der Waals surface area contributed by atoms with Crippen LogP contribution in [0.3, 0.4) is 0 Å². The van der Waals surface area contributed by atoms with Gasteiger partial charge in [-0.15, -0.1) is 0 Å². The summed E-state index contributed by atoms with van der Waals surface area (Å²) in [5.74, 6) is 0. The Morgan fingerprint density at radius 3 is 1.85 bits per heavy atom. The van der Waals surface area contributed by atoms with Crippen molar-refractivity contribution >= 4 is 5.69 Å².